The summed E-state index contributed by atoms with van der Waals surface area (Å²) in [5.74, 6) is 4.91. The molecule has 0 aromatic heterocycles. The van der Waals surface area contributed by atoms with Crippen molar-refractivity contribution in [1.29, 1.82) is 0 Å². The zero-order valence-electron chi connectivity index (χ0n) is 9.53. The highest BCUT2D eigenvalue weighted by atomic mass is 16.5. The van der Waals surface area contributed by atoms with E-state index >= 15 is 0 Å². The molecule has 1 aliphatic rings. The van der Waals surface area contributed by atoms with Crippen LogP contribution in [0.5, 0.6) is 0 Å². The number of morpholine rings is 1. The van der Waals surface area contributed by atoms with Crippen molar-refractivity contribution in [2.75, 3.05) is 19.6 Å². The first-order valence-electron chi connectivity index (χ1n) is 5.49. The molecular formula is C10H21N3O2. The van der Waals surface area contributed by atoms with E-state index < -0.39 is 0 Å². The van der Waals surface area contributed by atoms with E-state index in [1.807, 2.05) is 0 Å². The molecule has 5 heteroatoms. The molecule has 0 radical (unpaired) electrons. The molecule has 0 unspecified atom stereocenters. The van der Waals surface area contributed by atoms with Gasteiger partial charge in [-0.15, -0.1) is 0 Å². The molecule has 0 bridgehead atoms. The molecule has 0 aliphatic carbocycles. The van der Waals surface area contributed by atoms with Crippen molar-refractivity contribution in [3.63, 3.8) is 0 Å². The van der Waals surface area contributed by atoms with Crippen molar-refractivity contribution < 1.29 is 9.53 Å². The normalized spacial score (nSPS) is 27.7. The molecule has 1 fully saturated rings. The second kappa shape index (κ2) is 6.05. The number of hydrogen-bond donors (Lipinski definition) is 2. The minimum atomic E-state index is -0.0932. The molecule has 5 nitrogen and oxygen atoms in total. The fraction of sp³-hybridized carbons (Fsp3) is 0.900. The van der Waals surface area contributed by atoms with Crippen LogP contribution in [0.4, 0.5) is 0 Å². The minimum Gasteiger partial charge on any atom is -0.373 e. The summed E-state index contributed by atoms with van der Waals surface area (Å²) in [6.07, 6.45) is 1.92. The fourth-order valence-electron chi connectivity index (χ4n) is 2.00. The zero-order valence-corrected chi connectivity index (χ0v) is 9.53. The lowest BCUT2D eigenvalue weighted by Gasteiger charge is -2.35. The van der Waals surface area contributed by atoms with Crippen LogP contribution < -0.4 is 11.3 Å². The van der Waals surface area contributed by atoms with Crippen molar-refractivity contribution in [1.82, 2.24) is 10.3 Å². The van der Waals surface area contributed by atoms with Crippen LogP contribution >= 0.6 is 0 Å². The molecule has 3 N–H and O–H groups in total. The third-order valence-corrected chi connectivity index (χ3v) is 2.53. The number of carbonyl (C=O) groups excluding carboxylic acids is 1. The van der Waals surface area contributed by atoms with Crippen LogP contribution in [0, 0.1) is 0 Å². The summed E-state index contributed by atoms with van der Waals surface area (Å²) >= 11 is 0. The number of nitrogens with zero attached hydrogens (tertiary/aromatic N) is 1. The Morgan fingerprint density at radius 1 is 1.47 bits per heavy atom. The SMILES string of the molecule is C[C@@H]1CN(CCCC(=O)NN)C[C@@H](C)O1. The maximum Gasteiger partial charge on any atom is 0.233 e. The Labute approximate surface area is 90.9 Å². The Kier molecular flexibility index (Phi) is 5.01. The predicted octanol–water partition coefficient (Wildman–Crippen LogP) is -0.134. The minimum absolute atomic E-state index is 0.0932. The first kappa shape index (κ1) is 12.4. The van der Waals surface area contributed by atoms with Crippen molar-refractivity contribution in [2.45, 2.75) is 38.9 Å². The van der Waals surface area contributed by atoms with E-state index in [9.17, 15) is 4.79 Å². The Morgan fingerprint density at radius 3 is 2.60 bits per heavy atom. The van der Waals surface area contributed by atoms with Crippen LogP contribution in [0.3, 0.4) is 0 Å². The number of carbonyl (C=O) groups is 1. The van der Waals surface area contributed by atoms with Gasteiger partial charge in [-0.2, -0.15) is 0 Å². The van der Waals surface area contributed by atoms with Gasteiger partial charge in [-0.05, 0) is 26.8 Å². The molecule has 1 saturated heterocycles. The van der Waals surface area contributed by atoms with Crippen molar-refractivity contribution in [3.05, 3.63) is 0 Å². The molecule has 1 rings (SSSR count). The molecule has 2 atom stereocenters. The number of nitrogens with one attached hydrogen (secondary N) is 1. The van der Waals surface area contributed by atoms with Crippen molar-refractivity contribution in [2.24, 2.45) is 5.84 Å². The van der Waals surface area contributed by atoms with Gasteiger partial charge in [-0.25, -0.2) is 5.84 Å². The molecule has 15 heavy (non-hydrogen) atoms. The smallest absolute Gasteiger partial charge is 0.233 e. The quantitative estimate of drug-likeness (QED) is 0.389. The van der Waals surface area contributed by atoms with E-state index in [-0.39, 0.29) is 18.1 Å². The van der Waals surface area contributed by atoms with Crippen LogP contribution in [-0.4, -0.2) is 42.6 Å². The average molecular weight is 215 g/mol. The number of ether oxygens (including phenoxy) is 1. The van der Waals surface area contributed by atoms with Crippen molar-refractivity contribution >= 4 is 5.91 Å². The topological polar surface area (TPSA) is 67.6 Å². The fourth-order valence-corrected chi connectivity index (χ4v) is 2.00. The molecule has 0 aromatic rings. The maximum atomic E-state index is 10.9. The lowest BCUT2D eigenvalue weighted by Crippen LogP contribution is -2.45. The average Bonchev–Trinajstić information content (AvgIpc) is 2.16. The monoisotopic (exact) mass is 215 g/mol. The van der Waals surface area contributed by atoms with Gasteiger partial charge in [-0.1, -0.05) is 0 Å². The van der Waals surface area contributed by atoms with Crippen molar-refractivity contribution in [3.8, 4) is 0 Å². The van der Waals surface area contributed by atoms with Crippen LogP contribution in [0.1, 0.15) is 26.7 Å². The second-order valence-electron chi connectivity index (χ2n) is 4.19. The lowest BCUT2D eigenvalue weighted by molar-refractivity contribution is -0.121. The molecule has 0 aromatic carbocycles. The highest BCUT2D eigenvalue weighted by molar-refractivity contribution is 5.75. The molecule has 0 spiro atoms. The van der Waals surface area contributed by atoms with E-state index in [1.54, 1.807) is 0 Å². The molecule has 88 valence electrons. The van der Waals surface area contributed by atoms with Gasteiger partial charge >= 0.3 is 0 Å². The summed E-state index contributed by atoms with van der Waals surface area (Å²) < 4.78 is 5.62. The highest BCUT2D eigenvalue weighted by Crippen LogP contribution is 2.11. The zero-order chi connectivity index (χ0) is 11.3. The van der Waals surface area contributed by atoms with Gasteiger partial charge < -0.3 is 4.74 Å². The second-order valence-corrected chi connectivity index (χ2v) is 4.19. The third kappa shape index (κ3) is 4.59. The van der Waals surface area contributed by atoms with E-state index in [1.165, 1.54) is 0 Å². The van der Waals surface area contributed by atoms with Gasteiger partial charge in [0.1, 0.15) is 0 Å². The lowest BCUT2D eigenvalue weighted by atomic mass is 10.2. The first-order chi connectivity index (χ1) is 7.11. The van der Waals surface area contributed by atoms with E-state index in [4.69, 9.17) is 10.6 Å². The van der Waals surface area contributed by atoms with E-state index in [0.717, 1.165) is 26.1 Å². The van der Waals surface area contributed by atoms with Gasteiger partial charge in [0.2, 0.25) is 5.91 Å². The summed E-state index contributed by atoms with van der Waals surface area (Å²) in [6, 6.07) is 0. The molecule has 0 saturated carbocycles. The molecule has 1 aliphatic heterocycles. The summed E-state index contributed by atoms with van der Waals surface area (Å²) in [6.45, 7) is 7.00. The first-order valence-corrected chi connectivity index (χ1v) is 5.49. The number of hydrogen-bond acceptors (Lipinski definition) is 4. The Balaban J connectivity index is 2.17. The number of rotatable bonds is 4. The summed E-state index contributed by atoms with van der Waals surface area (Å²) in [5.41, 5.74) is 2.14. The van der Waals surface area contributed by atoms with Crippen LogP contribution in [0.15, 0.2) is 0 Å². The Bertz CT molecular complexity index is 201. The Morgan fingerprint density at radius 2 is 2.07 bits per heavy atom. The number of nitrogens with two attached hydrogens (primary N) is 1. The number of amides is 1. The molecule has 1 heterocycles. The predicted molar refractivity (Wildman–Crippen MR) is 58.0 cm³/mol. The van der Waals surface area contributed by atoms with E-state index in [2.05, 4.69) is 24.2 Å². The molecular weight excluding hydrogens is 194 g/mol. The largest absolute Gasteiger partial charge is 0.373 e. The summed E-state index contributed by atoms with van der Waals surface area (Å²) in [7, 11) is 0. The summed E-state index contributed by atoms with van der Waals surface area (Å²) in [4.78, 5) is 13.2. The van der Waals surface area contributed by atoms with Gasteiger partial charge in [0, 0.05) is 19.5 Å². The van der Waals surface area contributed by atoms with Gasteiger partial charge in [0.05, 0.1) is 12.2 Å². The van der Waals surface area contributed by atoms with Crippen LogP contribution in [0.2, 0.25) is 0 Å². The Hall–Kier alpha value is -0.650. The summed E-state index contributed by atoms with van der Waals surface area (Å²) in [5, 5.41) is 0. The van der Waals surface area contributed by atoms with Gasteiger partial charge in [0.15, 0.2) is 0 Å². The third-order valence-electron chi connectivity index (χ3n) is 2.53. The maximum absolute atomic E-state index is 10.9. The van der Waals surface area contributed by atoms with Gasteiger partial charge in [-0.3, -0.25) is 15.1 Å². The van der Waals surface area contributed by atoms with Crippen LogP contribution in [0.25, 0.3) is 0 Å². The van der Waals surface area contributed by atoms with Crippen LogP contribution in [-0.2, 0) is 9.53 Å². The number of hydrazine groups is 1. The molecule has 1 amide bonds. The van der Waals surface area contributed by atoms with Gasteiger partial charge in [0.25, 0.3) is 0 Å². The van der Waals surface area contributed by atoms with E-state index in [0.29, 0.717) is 6.42 Å². The standard InChI is InChI=1S/C10H21N3O2/c1-8-6-13(7-9(2)15-8)5-3-4-10(14)12-11/h8-9H,3-7,11H2,1-2H3,(H,12,14)/t8-,9-/m1/s1. The highest BCUT2D eigenvalue weighted by Gasteiger charge is 2.21.